The standard InChI is InChI=1S/C12H17ClFNO/c1-12(2,16-3)8-15-7-9-4-5-10(13)11(14)6-9/h4-6,15H,7-8H2,1-3H3. The van der Waals surface area contributed by atoms with Crippen LogP contribution in [-0.4, -0.2) is 19.3 Å². The Hall–Kier alpha value is -0.640. The Labute approximate surface area is 101 Å². The maximum Gasteiger partial charge on any atom is 0.142 e. The van der Waals surface area contributed by atoms with E-state index >= 15 is 0 Å². The van der Waals surface area contributed by atoms with Crippen molar-refractivity contribution >= 4 is 11.6 Å². The highest BCUT2D eigenvalue weighted by Gasteiger charge is 2.15. The van der Waals surface area contributed by atoms with Gasteiger partial charge in [-0.3, -0.25) is 0 Å². The van der Waals surface area contributed by atoms with Crippen molar-refractivity contribution in [1.29, 1.82) is 0 Å². The largest absolute Gasteiger partial charge is 0.377 e. The molecule has 0 aromatic heterocycles. The van der Waals surface area contributed by atoms with Gasteiger partial charge in [-0.2, -0.15) is 0 Å². The zero-order valence-corrected chi connectivity index (χ0v) is 10.6. The van der Waals surface area contributed by atoms with Gasteiger partial charge in [0.2, 0.25) is 0 Å². The van der Waals surface area contributed by atoms with Gasteiger partial charge in [0, 0.05) is 20.2 Å². The highest BCUT2D eigenvalue weighted by atomic mass is 35.5. The monoisotopic (exact) mass is 245 g/mol. The third kappa shape index (κ3) is 4.08. The van der Waals surface area contributed by atoms with Gasteiger partial charge in [0.15, 0.2) is 0 Å². The van der Waals surface area contributed by atoms with E-state index in [1.807, 2.05) is 13.8 Å². The molecule has 0 heterocycles. The fraction of sp³-hybridized carbons (Fsp3) is 0.500. The Morgan fingerprint density at radius 1 is 1.44 bits per heavy atom. The lowest BCUT2D eigenvalue weighted by atomic mass is 10.1. The molecule has 0 spiro atoms. The van der Waals surface area contributed by atoms with Crippen molar-refractivity contribution in [3.8, 4) is 0 Å². The number of hydrogen-bond donors (Lipinski definition) is 1. The summed E-state index contributed by atoms with van der Waals surface area (Å²) in [5.74, 6) is -0.382. The predicted octanol–water partition coefficient (Wildman–Crippen LogP) is 2.99. The van der Waals surface area contributed by atoms with Crippen LogP contribution in [0.1, 0.15) is 19.4 Å². The molecule has 0 saturated carbocycles. The molecule has 1 rings (SSSR count). The van der Waals surface area contributed by atoms with Crippen LogP contribution in [0.2, 0.25) is 5.02 Å². The number of halogens is 2. The van der Waals surface area contributed by atoms with E-state index in [1.54, 1.807) is 19.2 Å². The lowest BCUT2D eigenvalue weighted by molar-refractivity contribution is 0.0230. The van der Waals surface area contributed by atoms with Crippen molar-refractivity contribution in [3.05, 3.63) is 34.6 Å². The van der Waals surface area contributed by atoms with Gasteiger partial charge in [-0.1, -0.05) is 17.7 Å². The first-order valence-corrected chi connectivity index (χ1v) is 5.52. The van der Waals surface area contributed by atoms with E-state index in [4.69, 9.17) is 16.3 Å². The molecule has 2 nitrogen and oxygen atoms in total. The summed E-state index contributed by atoms with van der Waals surface area (Å²) in [5.41, 5.74) is 0.652. The number of rotatable bonds is 5. The summed E-state index contributed by atoms with van der Waals surface area (Å²) in [6, 6.07) is 4.81. The molecule has 0 atom stereocenters. The molecular weight excluding hydrogens is 229 g/mol. The normalized spacial score (nSPS) is 11.8. The zero-order valence-electron chi connectivity index (χ0n) is 9.81. The number of hydrogen-bond acceptors (Lipinski definition) is 2. The predicted molar refractivity (Wildman–Crippen MR) is 64.2 cm³/mol. The van der Waals surface area contributed by atoms with E-state index in [9.17, 15) is 4.39 Å². The molecule has 1 N–H and O–H groups in total. The molecule has 0 unspecified atom stereocenters. The van der Waals surface area contributed by atoms with Crippen LogP contribution < -0.4 is 5.32 Å². The average molecular weight is 246 g/mol. The van der Waals surface area contributed by atoms with Crippen LogP contribution in [0.4, 0.5) is 4.39 Å². The molecule has 0 aliphatic rings. The second kappa shape index (κ2) is 5.62. The summed E-state index contributed by atoms with van der Waals surface area (Å²) in [6.07, 6.45) is 0. The Morgan fingerprint density at radius 2 is 2.12 bits per heavy atom. The van der Waals surface area contributed by atoms with Crippen LogP contribution in [-0.2, 0) is 11.3 Å². The van der Waals surface area contributed by atoms with Crippen LogP contribution in [0, 0.1) is 5.82 Å². The lowest BCUT2D eigenvalue weighted by Gasteiger charge is -2.23. The average Bonchev–Trinajstić information content (AvgIpc) is 2.23. The highest BCUT2D eigenvalue weighted by Crippen LogP contribution is 2.15. The maximum absolute atomic E-state index is 13.1. The Balaban J connectivity index is 2.46. The minimum Gasteiger partial charge on any atom is -0.377 e. The summed E-state index contributed by atoms with van der Waals surface area (Å²) in [7, 11) is 1.67. The minimum atomic E-state index is -0.382. The van der Waals surface area contributed by atoms with Crippen LogP contribution >= 0.6 is 11.6 Å². The Morgan fingerprint density at radius 3 is 2.69 bits per heavy atom. The van der Waals surface area contributed by atoms with Crippen LogP contribution in [0.5, 0.6) is 0 Å². The molecule has 0 bridgehead atoms. The van der Waals surface area contributed by atoms with Crippen molar-refractivity contribution in [2.24, 2.45) is 0 Å². The fourth-order valence-corrected chi connectivity index (χ4v) is 1.35. The van der Waals surface area contributed by atoms with Gasteiger partial charge in [-0.05, 0) is 31.5 Å². The SMILES string of the molecule is COC(C)(C)CNCc1ccc(Cl)c(F)c1. The molecule has 0 aliphatic carbocycles. The smallest absolute Gasteiger partial charge is 0.142 e. The van der Waals surface area contributed by atoms with Gasteiger partial charge < -0.3 is 10.1 Å². The molecular formula is C12H17ClFNO. The molecule has 1 aromatic rings. The summed E-state index contributed by atoms with van der Waals surface area (Å²) in [6.45, 7) is 5.28. The van der Waals surface area contributed by atoms with E-state index in [0.29, 0.717) is 13.1 Å². The molecule has 1 aromatic carbocycles. The first-order chi connectivity index (χ1) is 7.44. The summed E-state index contributed by atoms with van der Waals surface area (Å²) >= 11 is 5.59. The molecule has 0 radical (unpaired) electrons. The number of methoxy groups -OCH3 is 1. The number of nitrogens with one attached hydrogen (secondary N) is 1. The van der Waals surface area contributed by atoms with E-state index in [0.717, 1.165) is 5.56 Å². The van der Waals surface area contributed by atoms with Gasteiger partial charge in [-0.25, -0.2) is 4.39 Å². The van der Waals surface area contributed by atoms with E-state index in [2.05, 4.69) is 5.32 Å². The first kappa shape index (κ1) is 13.4. The molecule has 4 heteroatoms. The van der Waals surface area contributed by atoms with Crippen molar-refractivity contribution < 1.29 is 9.13 Å². The van der Waals surface area contributed by atoms with Crippen molar-refractivity contribution in [2.45, 2.75) is 26.0 Å². The third-order valence-electron chi connectivity index (χ3n) is 2.42. The lowest BCUT2D eigenvalue weighted by Crippen LogP contribution is -2.36. The van der Waals surface area contributed by atoms with E-state index in [1.165, 1.54) is 6.07 Å². The molecule has 0 saturated heterocycles. The molecule has 90 valence electrons. The second-order valence-electron chi connectivity index (χ2n) is 4.32. The van der Waals surface area contributed by atoms with Gasteiger partial charge in [0.25, 0.3) is 0 Å². The topological polar surface area (TPSA) is 21.3 Å². The third-order valence-corrected chi connectivity index (χ3v) is 2.72. The zero-order chi connectivity index (χ0) is 12.2. The van der Waals surface area contributed by atoms with Gasteiger partial charge in [0.1, 0.15) is 5.82 Å². The summed E-state index contributed by atoms with van der Waals surface area (Å²) < 4.78 is 18.4. The van der Waals surface area contributed by atoms with Gasteiger partial charge in [0.05, 0.1) is 10.6 Å². The summed E-state index contributed by atoms with van der Waals surface area (Å²) in [4.78, 5) is 0. The molecule has 0 fully saturated rings. The van der Waals surface area contributed by atoms with Crippen molar-refractivity contribution in [2.75, 3.05) is 13.7 Å². The quantitative estimate of drug-likeness (QED) is 0.861. The molecule has 16 heavy (non-hydrogen) atoms. The fourth-order valence-electron chi connectivity index (χ4n) is 1.23. The van der Waals surface area contributed by atoms with Gasteiger partial charge >= 0.3 is 0 Å². The van der Waals surface area contributed by atoms with Gasteiger partial charge in [-0.15, -0.1) is 0 Å². The van der Waals surface area contributed by atoms with Crippen LogP contribution in [0.15, 0.2) is 18.2 Å². The molecule has 0 aliphatic heterocycles. The minimum absolute atomic E-state index is 0.154. The number of ether oxygens (including phenoxy) is 1. The number of benzene rings is 1. The van der Waals surface area contributed by atoms with Crippen molar-refractivity contribution in [3.63, 3.8) is 0 Å². The van der Waals surface area contributed by atoms with Crippen molar-refractivity contribution in [1.82, 2.24) is 5.32 Å². The maximum atomic E-state index is 13.1. The second-order valence-corrected chi connectivity index (χ2v) is 4.72. The summed E-state index contributed by atoms with van der Waals surface area (Å²) in [5, 5.41) is 3.36. The Kier molecular flexibility index (Phi) is 4.71. The van der Waals surface area contributed by atoms with Crippen LogP contribution in [0.25, 0.3) is 0 Å². The molecule has 0 amide bonds. The van der Waals surface area contributed by atoms with E-state index < -0.39 is 0 Å². The first-order valence-electron chi connectivity index (χ1n) is 5.14. The highest BCUT2D eigenvalue weighted by molar-refractivity contribution is 6.30. The Bertz CT molecular complexity index is 355. The van der Waals surface area contributed by atoms with E-state index in [-0.39, 0.29) is 16.4 Å². The van der Waals surface area contributed by atoms with Crippen LogP contribution in [0.3, 0.4) is 0 Å².